The second-order valence-corrected chi connectivity index (χ2v) is 8.58. The van der Waals surface area contributed by atoms with Crippen molar-refractivity contribution in [2.24, 2.45) is 0 Å². The van der Waals surface area contributed by atoms with Gasteiger partial charge in [-0.2, -0.15) is 0 Å². The first-order chi connectivity index (χ1) is 13.3. The van der Waals surface area contributed by atoms with Gasteiger partial charge in [-0.15, -0.1) is 0 Å². The first-order valence-corrected chi connectivity index (χ1v) is 10.7. The lowest BCUT2D eigenvalue weighted by molar-refractivity contribution is -0.143. The van der Waals surface area contributed by atoms with Gasteiger partial charge in [0.05, 0.1) is 19.7 Å². The van der Waals surface area contributed by atoms with E-state index in [1.165, 1.54) is 68.7 Å². The number of aromatic nitrogens is 1. The van der Waals surface area contributed by atoms with Crippen LogP contribution in [0.25, 0.3) is 10.9 Å². The van der Waals surface area contributed by atoms with Crippen molar-refractivity contribution in [1.82, 2.24) is 9.47 Å². The lowest BCUT2D eigenvalue weighted by Gasteiger charge is -2.39. The number of carbonyl (C=O) groups excluding carboxylic acids is 1. The van der Waals surface area contributed by atoms with Gasteiger partial charge >= 0.3 is 5.97 Å². The number of benzene rings is 1. The molecule has 0 amide bonds. The number of nitrogens with zero attached hydrogens (tertiary/aromatic N) is 2. The highest BCUT2D eigenvalue weighted by atomic mass is 16.5. The normalized spacial score (nSPS) is 23.4. The third-order valence-corrected chi connectivity index (χ3v) is 7.14. The summed E-state index contributed by atoms with van der Waals surface area (Å²) < 4.78 is 7.48. The Balaban J connectivity index is 1.55. The minimum Gasteiger partial charge on any atom is -0.468 e. The highest BCUT2D eigenvalue weighted by molar-refractivity contribution is 5.87. The molecule has 1 aliphatic heterocycles. The molecule has 0 saturated heterocycles. The topological polar surface area (TPSA) is 34.5 Å². The number of hydrogen-bond acceptors (Lipinski definition) is 3. The third kappa shape index (κ3) is 2.89. The van der Waals surface area contributed by atoms with Gasteiger partial charge in [0.25, 0.3) is 0 Å². The predicted octanol–water partition coefficient (Wildman–Crippen LogP) is 4.56. The van der Waals surface area contributed by atoms with Crippen LogP contribution in [-0.4, -0.2) is 35.6 Å². The van der Waals surface area contributed by atoms with Gasteiger partial charge in [-0.25, -0.2) is 0 Å². The summed E-state index contributed by atoms with van der Waals surface area (Å²) >= 11 is 0. The number of ether oxygens (including phenoxy) is 1. The van der Waals surface area contributed by atoms with Crippen LogP contribution in [0.4, 0.5) is 0 Å². The largest absolute Gasteiger partial charge is 0.468 e. The Morgan fingerprint density at radius 1 is 1.11 bits per heavy atom. The van der Waals surface area contributed by atoms with Crippen molar-refractivity contribution in [3.63, 3.8) is 0 Å². The van der Waals surface area contributed by atoms with Crippen molar-refractivity contribution < 1.29 is 9.53 Å². The van der Waals surface area contributed by atoms with Crippen molar-refractivity contribution in [3.8, 4) is 0 Å². The molecule has 5 rings (SSSR count). The van der Waals surface area contributed by atoms with E-state index in [0.717, 1.165) is 25.4 Å². The van der Waals surface area contributed by atoms with Crippen molar-refractivity contribution in [2.75, 3.05) is 20.2 Å². The van der Waals surface area contributed by atoms with Gasteiger partial charge < -0.3 is 9.30 Å². The number of rotatable bonds is 3. The Kier molecular flexibility index (Phi) is 4.47. The molecule has 27 heavy (non-hydrogen) atoms. The zero-order valence-corrected chi connectivity index (χ0v) is 16.4. The first kappa shape index (κ1) is 17.3. The van der Waals surface area contributed by atoms with Gasteiger partial charge in [-0.3, -0.25) is 9.69 Å². The monoisotopic (exact) mass is 366 g/mol. The first-order valence-electron chi connectivity index (χ1n) is 10.7. The quantitative estimate of drug-likeness (QED) is 0.747. The summed E-state index contributed by atoms with van der Waals surface area (Å²) in [4.78, 5) is 14.2. The fourth-order valence-electron chi connectivity index (χ4n) is 5.80. The van der Waals surface area contributed by atoms with Crippen LogP contribution in [0.1, 0.15) is 73.7 Å². The Hall–Kier alpha value is -1.81. The van der Waals surface area contributed by atoms with Crippen LogP contribution in [0.2, 0.25) is 0 Å². The molecule has 0 N–H and O–H groups in total. The predicted molar refractivity (Wildman–Crippen MR) is 107 cm³/mol. The second kappa shape index (κ2) is 6.97. The van der Waals surface area contributed by atoms with Crippen LogP contribution in [0, 0.1) is 0 Å². The summed E-state index contributed by atoms with van der Waals surface area (Å²) in [6.07, 6.45) is 10.4. The van der Waals surface area contributed by atoms with E-state index in [1.807, 2.05) is 0 Å². The average molecular weight is 367 g/mol. The summed E-state index contributed by atoms with van der Waals surface area (Å²) in [6, 6.07) is 7.65. The molecule has 1 saturated carbocycles. The number of carbonyl (C=O) groups is 1. The van der Waals surface area contributed by atoms with Crippen LogP contribution in [0.5, 0.6) is 0 Å². The van der Waals surface area contributed by atoms with E-state index in [2.05, 4.69) is 27.7 Å². The maximum Gasteiger partial charge on any atom is 0.319 e. The van der Waals surface area contributed by atoms with Crippen LogP contribution in [-0.2, 0) is 22.5 Å². The molecule has 4 heteroatoms. The van der Waals surface area contributed by atoms with Crippen LogP contribution >= 0.6 is 0 Å². The molecule has 0 bridgehead atoms. The average Bonchev–Trinajstić information content (AvgIpc) is 3.05. The van der Waals surface area contributed by atoms with Gasteiger partial charge in [-0.1, -0.05) is 25.3 Å². The van der Waals surface area contributed by atoms with E-state index in [9.17, 15) is 4.79 Å². The van der Waals surface area contributed by atoms with Crippen LogP contribution in [0.15, 0.2) is 18.2 Å². The standard InChI is InChI=1S/C23H30N2O2/c1-27-22(26)15-24-12-13-25-20-11-10-17(16-6-3-2-4-7-16)14-19(20)18-8-5-9-21(24)23(18)25/h10-11,14,16,21H,2-9,12-13,15H2,1H3/t21-/m0/s1. The summed E-state index contributed by atoms with van der Waals surface area (Å²) in [5.41, 5.74) is 5.99. The van der Waals surface area contributed by atoms with E-state index in [4.69, 9.17) is 4.74 Å². The number of hydrogen-bond donors (Lipinski definition) is 0. The summed E-state index contributed by atoms with van der Waals surface area (Å²) in [5, 5.41) is 1.48. The number of aryl methyl sites for hydroxylation is 1. The maximum atomic E-state index is 11.9. The van der Waals surface area contributed by atoms with E-state index in [-0.39, 0.29) is 5.97 Å². The highest BCUT2D eigenvalue weighted by Gasteiger charge is 2.35. The number of fused-ring (bicyclic) bond motifs is 3. The highest BCUT2D eigenvalue weighted by Crippen LogP contribution is 2.43. The molecule has 0 radical (unpaired) electrons. The molecular weight excluding hydrogens is 336 g/mol. The fourth-order valence-corrected chi connectivity index (χ4v) is 5.80. The molecule has 144 valence electrons. The zero-order chi connectivity index (χ0) is 18.4. The minimum atomic E-state index is -0.119. The van der Waals surface area contributed by atoms with E-state index < -0.39 is 0 Å². The molecule has 3 aliphatic rings. The molecule has 1 aromatic carbocycles. The SMILES string of the molecule is COC(=O)CN1CCn2c3c(c4cc(C5CCCCC5)ccc42)CCC[C@@H]31. The molecule has 2 aromatic rings. The van der Waals surface area contributed by atoms with Gasteiger partial charge in [0.2, 0.25) is 0 Å². The van der Waals surface area contributed by atoms with Gasteiger partial charge in [0, 0.05) is 29.7 Å². The van der Waals surface area contributed by atoms with Crippen molar-refractivity contribution in [2.45, 2.75) is 69.9 Å². The summed E-state index contributed by atoms with van der Waals surface area (Å²) in [6.45, 7) is 2.32. The van der Waals surface area contributed by atoms with E-state index in [1.54, 1.807) is 11.1 Å². The minimum absolute atomic E-state index is 0.119. The molecule has 0 unspecified atom stereocenters. The van der Waals surface area contributed by atoms with Crippen LogP contribution in [0.3, 0.4) is 0 Å². The molecule has 1 aromatic heterocycles. The molecule has 1 atom stereocenters. The van der Waals surface area contributed by atoms with Gasteiger partial charge in [0.15, 0.2) is 0 Å². The Morgan fingerprint density at radius 2 is 1.96 bits per heavy atom. The maximum absolute atomic E-state index is 11.9. The molecule has 0 spiro atoms. The Bertz CT molecular complexity index is 863. The fraction of sp³-hybridized carbons (Fsp3) is 0.609. The molecule has 4 nitrogen and oxygen atoms in total. The third-order valence-electron chi connectivity index (χ3n) is 7.14. The van der Waals surface area contributed by atoms with Crippen molar-refractivity contribution in [3.05, 3.63) is 35.0 Å². The summed E-state index contributed by atoms with van der Waals surface area (Å²) in [7, 11) is 1.49. The van der Waals surface area contributed by atoms with E-state index in [0.29, 0.717) is 12.6 Å². The number of methoxy groups -OCH3 is 1. The lowest BCUT2D eigenvalue weighted by Crippen LogP contribution is -2.42. The zero-order valence-electron chi connectivity index (χ0n) is 16.4. The number of esters is 1. The molecular formula is C23H30N2O2. The lowest BCUT2D eigenvalue weighted by atomic mass is 9.83. The summed E-state index contributed by atoms with van der Waals surface area (Å²) in [5.74, 6) is 0.633. The smallest absolute Gasteiger partial charge is 0.319 e. The molecule has 1 fully saturated rings. The van der Waals surface area contributed by atoms with Gasteiger partial charge in [0.1, 0.15) is 0 Å². The van der Waals surface area contributed by atoms with Gasteiger partial charge in [-0.05, 0) is 61.3 Å². The van der Waals surface area contributed by atoms with Crippen LogP contribution < -0.4 is 0 Å². The van der Waals surface area contributed by atoms with Crippen molar-refractivity contribution in [1.29, 1.82) is 0 Å². The molecule has 2 aliphatic carbocycles. The van der Waals surface area contributed by atoms with E-state index >= 15 is 0 Å². The second-order valence-electron chi connectivity index (χ2n) is 8.58. The Morgan fingerprint density at radius 3 is 2.78 bits per heavy atom. The molecule has 2 heterocycles. The van der Waals surface area contributed by atoms with Crippen molar-refractivity contribution >= 4 is 16.9 Å². The Labute approximate surface area is 161 Å².